The SMILES string of the molecule is CC(NC1CC1)C(C)c1cccc2ccccc12. The van der Waals surface area contributed by atoms with E-state index in [0.29, 0.717) is 12.0 Å². The van der Waals surface area contributed by atoms with Crippen LogP contribution in [0.4, 0.5) is 0 Å². The molecule has 2 aromatic rings. The van der Waals surface area contributed by atoms with E-state index in [0.717, 1.165) is 6.04 Å². The summed E-state index contributed by atoms with van der Waals surface area (Å²) >= 11 is 0. The van der Waals surface area contributed by atoms with Gasteiger partial charge in [0.15, 0.2) is 0 Å². The van der Waals surface area contributed by atoms with E-state index in [4.69, 9.17) is 0 Å². The van der Waals surface area contributed by atoms with Crippen LogP contribution in [0.25, 0.3) is 10.8 Å². The summed E-state index contributed by atoms with van der Waals surface area (Å²) in [4.78, 5) is 0. The van der Waals surface area contributed by atoms with E-state index in [1.807, 2.05) is 0 Å². The van der Waals surface area contributed by atoms with Crippen LogP contribution in [-0.4, -0.2) is 12.1 Å². The van der Waals surface area contributed by atoms with Crippen molar-refractivity contribution >= 4 is 10.8 Å². The fourth-order valence-corrected chi connectivity index (χ4v) is 2.68. The van der Waals surface area contributed by atoms with Gasteiger partial charge in [-0.2, -0.15) is 0 Å². The van der Waals surface area contributed by atoms with Crippen molar-refractivity contribution < 1.29 is 0 Å². The van der Waals surface area contributed by atoms with E-state index in [1.54, 1.807) is 0 Å². The molecule has 0 radical (unpaired) electrons. The van der Waals surface area contributed by atoms with Crippen LogP contribution >= 0.6 is 0 Å². The molecule has 2 aromatic carbocycles. The molecular formula is C17H21N. The molecule has 1 aliphatic carbocycles. The van der Waals surface area contributed by atoms with Crippen molar-refractivity contribution in [3.63, 3.8) is 0 Å². The van der Waals surface area contributed by atoms with Gasteiger partial charge in [-0.15, -0.1) is 0 Å². The Kier molecular flexibility index (Phi) is 3.09. The van der Waals surface area contributed by atoms with E-state index in [-0.39, 0.29) is 0 Å². The maximum atomic E-state index is 3.72. The average molecular weight is 239 g/mol. The molecule has 0 bridgehead atoms. The normalized spacial score (nSPS) is 18.8. The summed E-state index contributed by atoms with van der Waals surface area (Å²) in [5, 5.41) is 6.46. The molecule has 1 N–H and O–H groups in total. The summed E-state index contributed by atoms with van der Waals surface area (Å²) < 4.78 is 0. The van der Waals surface area contributed by atoms with Crippen molar-refractivity contribution in [2.45, 2.75) is 44.7 Å². The summed E-state index contributed by atoms with van der Waals surface area (Å²) in [6.45, 7) is 4.65. The molecular weight excluding hydrogens is 218 g/mol. The van der Waals surface area contributed by atoms with Crippen molar-refractivity contribution in [3.8, 4) is 0 Å². The van der Waals surface area contributed by atoms with Crippen LogP contribution in [0.5, 0.6) is 0 Å². The van der Waals surface area contributed by atoms with E-state index < -0.39 is 0 Å². The Morgan fingerprint density at radius 1 is 1.00 bits per heavy atom. The quantitative estimate of drug-likeness (QED) is 0.847. The minimum Gasteiger partial charge on any atom is -0.311 e. The van der Waals surface area contributed by atoms with Crippen LogP contribution < -0.4 is 5.32 Å². The zero-order chi connectivity index (χ0) is 12.5. The lowest BCUT2D eigenvalue weighted by atomic mass is 9.90. The van der Waals surface area contributed by atoms with Gasteiger partial charge in [0, 0.05) is 12.1 Å². The number of fused-ring (bicyclic) bond motifs is 1. The Morgan fingerprint density at radius 2 is 1.72 bits per heavy atom. The smallest absolute Gasteiger partial charge is 0.0108 e. The van der Waals surface area contributed by atoms with Gasteiger partial charge in [-0.25, -0.2) is 0 Å². The third-order valence-electron chi connectivity index (χ3n) is 4.14. The number of hydrogen-bond acceptors (Lipinski definition) is 1. The predicted molar refractivity (Wildman–Crippen MR) is 78.0 cm³/mol. The molecule has 0 saturated heterocycles. The summed E-state index contributed by atoms with van der Waals surface area (Å²) in [7, 11) is 0. The first kappa shape index (κ1) is 11.7. The molecule has 0 aromatic heterocycles. The molecule has 0 aliphatic heterocycles. The van der Waals surface area contributed by atoms with Crippen molar-refractivity contribution in [2.75, 3.05) is 0 Å². The lowest BCUT2D eigenvalue weighted by Gasteiger charge is -2.23. The monoisotopic (exact) mass is 239 g/mol. The summed E-state index contributed by atoms with van der Waals surface area (Å²) in [5.74, 6) is 0.552. The van der Waals surface area contributed by atoms with Gasteiger partial charge in [0.05, 0.1) is 0 Å². The lowest BCUT2D eigenvalue weighted by Crippen LogP contribution is -2.32. The largest absolute Gasteiger partial charge is 0.311 e. The van der Waals surface area contributed by atoms with E-state index >= 15 is 0 Å². The molecule has 94 valence electrons. The molecule has 18 heavy (non-hydrogen) atoms. The maximum Gasteiger partial charge on any atom is 0.0108 e. The van der Waals surface area contributed by atoms with E-state index in [9.17, 15) is 0 Å². The lowest BCUT2D eigenvalue weighted by molar-refractivity contribution is 0.480. The summed E-state index contributed by atoms with van der Waals surface area (Å²) in [6.07, 6.45) is 2.71. The van der Waals surface area contributed by atoms with Crippen molar-refractivity contribution in [2.24, 2.45) is 0 Å². The standard InChI is InChI=1S/C17H21N/c1-12(13(2)18-15-10-11-15)16-9-5-7-14-6-3-4-8-17(14)16/h3-9,12-13,15,18H,10-11H2,1-2H3. The van der Waals surface area contributed by atoms with Gasteiger partial charge in [-0.05, 0) is 42.0 Å². The molecule has 1 nitrogen and oxygen atoms in total. The van der Waals surface area contributed by atoms with Gasteiger partial charge in [0.25, 0.3) is 0 Å². The first-order valence-corrected chi connectivity index (χ1v) is 6.99. The molecule has 1 saturated carbocycles. The molecule has 1 fully saturated rings. The van der Waals surface area contributed by atoms with Gasteiger partial charge >= 0.3 is 0 Å². The van der Waals surface area contributed by atoms with Crippen molar-refractivity contribution in [3.05, 3.63) is 48.0 Å². The fourth-order valence-electron chi connectivity index (χ4n) is 2.68. The Morgan fingerprint density at radius 3 is 2.50 bits per heavy atom. The second-order valence-electron chi connectivity index (χ2n) is 5.59. The number of hydrogen-bond donors (Lipinski definition) is 1. The molecule has 0 spiro atoms. The number of benzene rings is 2. The highest BCUT2D eigenvalue weighted by molar-refractivity contribution is 5.86. The van der Waals surface area contributed by atoms with Crippen LogP contribution in [0.1, 0.15) is 38.2 Å². The van der Waals surface area contributed by atoms with Gasteiger partial charge in [0.1, 0.15) is 0 Å². The Hall–Kier alpha value is -1.34. The van der Waals surface area contributed by atoms with Gasteiger partial charge < -0.3 is 5.32 Å². The fraction of sp³-hybridized carbons (Fsp3) is 0.412. The van der Waals surface area contributed by atoms with Crippen molar-refractivity contribution in [1.29, 1.82) is 0 Å². The van der Waals surface area contributed by atoms with Gasteiger partial charge in [0.2, 0.25) is 0 Å². The molecule has 3 rings (SSSR count). The molecule has 1 aliphatic rings. The Bertz CT molecular complexity index is 537. The van der Waals surface area contributed by atoms with Crippen LogP contribution in [0.15, 0.2) is 42.5 Å². The minimum atomic E-state index is 0.545. The molecule has 0 amide bonds. The van der Waals surface area contributed by atoms with Crippen LogP contribution in [0, 0.1) is 0 Å². The highest BCUT2D eigenvalue weighted by Crippen LogP contribution is 2.29. The van der Waals surface area contributed by atoms with Gasteiger partial charge in [-0.3, -0.25) is 0 Å². The van der Waals surface area contributed by atoms with Crippen LogP contribution in [0.2, 0.25) is 0 Å². The topological polar surface area (TPSA) is 12.0 Å². The second kappa shape index (κ2) is 4.74. The summed E-state index contributed by atoms with van der Waals surface area (Å²) in [6, 6.07) is 16.7. The maximum absolute atomic E-state index is 3.72. The third kappa shape index (κ3) is 2.28. The highest BCUT2D eigenvalue weighted by Gasteiger charge is 2.25. The predicted octanol–water partition coefficient (Wildman–Crippen LogP) is 4.08. The van der Waals surface area contributed by atoms with Crippen LogP contribution in [0.3, 0.4) is 0 Å². The zero-order valence-electron chi connectivity index (χ0n) is 11.2. The number of nitrogens with one attached hydrogen (secondary N) is 1. The highest BCUT2D eigenvalue weighted by atomic mass is 15.0. The third-order valence-corrected chi connectivity index (χ3v) is 4.14. The zero-order valence-corrected chi connectivity index (χ0v) is 11.2. The first-order valence-electron chi connectivity index (χ1n) is 6.99. The Balaban J connectivity index is 1.92. The molecule has 2 unspecified atom stereocenters. The molecule has 2 atom stereocenters. The second-order valence-corrected chi connectivity index (χ2v) is 5.59. The minimum absolute atomic E-state index is 0.545. The Labute approximate surface area is 109 Å². The summed E-state index contributed by atoms with van der Waals surface area (Å²) in [5.41, 5.74) is 1.47. The number of rotatable bonds is 4. The molecule has 1 heteroatoms. The van der Waals surface area contributed by atoms with Crippen molar-refractivity contribution in [1.82, 2.24) is 5.32 Å². The van der Waals surface area contributed by atoms with E-state index in [1.165, 1.54) is 29.2 Å². The van der Waals surface area contributed by atoms with Crippen LogP contribution in [-0.2, 0) is 0 Å². The van der Waals surface area contributed by atoms with Gasteiger partial charge in [-0.1, -0.05) is 49.4 Å². The van der Waals surface area contributed by atoms with E-state index in [2.05, 4.69) is 61.6 Å². The first-order chi connectivity index (χ1) is 8.75. The average Bonchev–Trinajstić information content (AvgIpc) is 3.21. The molecule has 0 heterocycles.